The lowest BCUT2D eigenvalue weighted by molar-refractivity contribution is 0.0303. The number of morpholine rings is 1. The molecule has 2 aromatic rings. The molecule has 2 aliphatic rings. The molecule has 1 atom stereocenters. The highest BCUT2D eigenvalue weighted by atomic mass is 16.5. The fraction of sp³-hybridized carbons (Fsp3) is 0.480. The van der Waals surface area contributed by atoms with Crippen molar-refractivity contribution in [3.05, 3.63) is 41.1 Å². The fourth-order valence-electron chi connectivity index (χ4n) is 4.33. The van der Waals surface area contributed by atoms with Crippen LogP contribution in [0, 0.1) is 11.3 Å². The first-order valence-electron chi connectivity index (χ1n) is 12.1. The summed E-state index contributed by atoms with van der Waals surface area (Å²) in [6, 6.07) is 7.52. The Bertz CT molecular complexity index is 1190. The molecule has 36 heavy (non-hydrogen) atoms. The predicted molar refractivity (Wildman–Crippen MR) is 135 cm³/mol. The quantitative estimate of drug-likeness (QED) is 0.542. The molecule has 2 aliphatic heterocycles. The maximum Gasteiger partial charge on any atom is 0.254 e. The van der Waals surface area contributed by atoms with Crippen molar-refractivity contribution in [3.63, 3.8) is 0 Å². The van der Waals surface area contributed by atoms with Crippen molar-refractivity contribution in [2.45, 2.75) is 38.1 Å². The molecule has 0 bridgehead atoms. The highest BCUT2D eigenvalue weighted by molar-refractivity contribution is 5.99. The summed E-state index contributed by atoms with van der Waals surface area (Å²) in [7, 11) is 0. The zero-order valence-corrected chi connectivity index (χ0v) is 20.7. The number of carbonyl (C=O) groups excluding carboxylic acids is 2. The number of nitrogens with one attached hydrogen (secondary N) is 1. The number of amides is 2. The average molecular weight is 493 g/mol. The van der Waals surface area contributed by atoms with Gasteiger partial charge in [-0.05, 0) is 50.5 Å². The summed E-state index contributed by atoms with van der Waals surface area (Å²) >= 11 is 0. The zero-order chi connectivity index (χ0) is 25.9. The molecule has 1 aromatic carbocycles. The van der Waals surface area contributed by atoms with Crippen LogP contribution < -0.4 is 21.7 Å². The molecule has 3 heterocycles. The van der Waals surface area contributed by atoms with Crippen LogP contribution in [0.2, 0.25) is 0 Å². The topological polar surface area (TPSA) is 163 Å². The highest BCUT2D eigenvalue weighted by Gasteiger charge is 2.26. The normalized spacial score (nSPS) is 18.4. The van der Waals surface area contributed by atoms with E-state index in [0.717, 1.165) is 19.4 Å². The number of carbonyl (C=O) groups is 2. The van der Waals surface area contributed by atoms with E-state index in [1.165, 1.54) is 6.20 Å². The van der Waals surface area contributed by atoms with Gasteiger partial charge in [0.2, 0.25) is 5.95 Å². The maximum absolute atomic E-state index is 13.3. The second kappa shape index (κ2) is 10.5. The van der Waals surface area contributed by atoms with E-state index in [2.05, 4.69) is 21.4 Å². The standard InChI is InChI=1S/C25H32N8O3/c1-25(2,15-26)17-10-16(23(35)32-6-8-36-9-7-32)11-19(12-17)30-22-20(21(28)34)13-29-24(31-22)33-5-3-4-18(27)14-33/h10-13,18H,3-9,14,27H2,1-2H3,(H2,28,34)(H,29,30,31)/t18-/m0/s1. The summed E-state index contributed by atoms with van der Waals surface area (Å²) in [5.41, 5.74) is 12.6. The summed E-state index contributed by atoms with van der Waals surface area (Å²) in [5.74, 6) is -0.172. The van der Waals surface area contributed by atoms with Crippen LogP contribution in [0.4, 0.5) is 17.5 Å². The van der Waals surface area contributed by atoms with E-state index in [1.54, 1.807) is 36.9 Å². The molecule has 1 aromatic heterocycles. The first kappa shape index (κ1) is 25.3. The SMILES string of the molecule is CC(C)(C#N)c1cc(Nc2nc(N3CCC[C@H](N)C3)ncc2C(N)=O)cc(C(=O)N2CCOCC2)c1. The predicted octanol–water partition coefficient (Wildman–Crippen LogP) is 1.52. The van der Waals surface area contributed by atoms with E-state index >= 15 is 0 Å². The van der Waals surface area contributed by atoms with E-state index in [9.17, 15) is 14.9 Å². The minimum atomic E-state index is -0.856. The van der Waals surface area contributed by atoms with Gasteiger partial charge in [-0.15, -0.1) is 0 Å². The van der Waals surface area contributed by atoms with Gasteiger partial charge in [0.15, 0.2) is 0 Å². The number of nitrogens with zero attached hydrogens (tertiary/aromatic N) is 5. The van der Waals surface area contributed by atoms with Crippen molar-refractivity contribution in [1.29, 1.82) is 5.26 Å². The molecule has 0 spiro atoms. The van der Waals surface area contributed by atoms with Gasteiger partial charge in [0, 0.05) is 49.7 Å². The third kappa shape index (κ3) is 5.56. The van der Waals surface area contributed by atoms with E-state index < -0.39 is 11.3 Å². The molecule has 0 saturated carbocycles. The molecule has 0 radical (unpaired) electrons. The maximum atomic E-state index is 13.3. The highest BCUT2D eigenvalue weighted by Crippen LogP contribution is 2.30. The van der Waals surface area contributed by atoms with Crippen LogP contribution in [0.15, 0.2) is 24.4 Å². The minimum absolute atomic E-state index is 0.0215. The summed E-state index contributed by atoms with van der Waals surface area (Å²) < 4.78 is 5.37. The van der Waals surface area contributed by atoms with Crippen LogP contribution in [-0.2, 0) is 10.2 Å². The van der Waals surface area contributed by atoms with E-state index in [-0.39, 0.29) is 23.3 Å². The Kier molecular flexibility index (Phi) is 7.37. The number of aromatic nitrogens is 2. The Morgan fingerprint density at radius 2 is 1.97 bits per heavy atom. The number of hydrogen-bond donors (Lipinski definition) is 3. The lowest BCUT2D eigenvalue weighted by atomic mass is 9.85. The minimum Gasteiger partial charge on any atom is -0.378 e. The largest absolute Gasteiger partial charge is 0.378 e. The third-order valence-electron chi connectivity index (χ3n) is 6.52. The van der Waals surface area contributed by atoms with Crippen LogP contribution in [0.5, 0.6) is 0 Å². The van der Waals surface area contributed by atoms with Crippen LogP contribution in [-0.4, -0.2) is 72.1 Å². The summed E-state index contributed by atoms with van der Waals surface area (Å²) in [5, 5.41) is 12.9. The van der Waals surface area contributed by atoms with Gasteiger partial charge >= 0.3 is 0 Å². The van der Waals surface area contributed by atoms with Gasteiger partial charge in [-0.1, -0.05) is 0 Å². The Morgan fingerprint density at radius 3 is 2.64 bits per heavy atom. The average Bonchev–Trinajstić information content (AvgIpc) is 2.88. The molecule has 11 heteroatoms. The molecule has 11 nitrogen and oxygen atoms in total. The number of primary amides is 1. The van der Waals surface area contributed by atoms with E-state index in [0.29, 0.717) is 55.6 Å². The van der Waals surface area contributed by atoms with Gasteiger partial charge in [-0.3, -0.25) is 9.59 Å². The van der Waals surface area contributed by atoms with Gasteiger partial charge < -0.3 is 31.3 Å². The lowest BCUT2D eigenvalue weighted by Crippen LogP contribution is -2.43. The summed E-state index contributed by atoms with van der Waals surface area (Å²) in [6.07, 6.45) is 3.25. The molecule has 2 fully saturated rings. The first-order valence-corrected chi connectivity index (χ1v) is 12.1. The number of benzene rings is 1. The van der Waals surface area contributed by atoms with Crippen molar-refractivity contribution in [2.75, 3.05) is 49.6 Å². The summed E-state index contributed by atoms with van der Waals surface area (Å²) in [4.78, 5) is 38.1. The molecular weight excluding hydrogens is 460 g/mol. The van der Waals surface area contributed by atoms with Crippen LogP contribution in [0.25, 0.3) is 0 Å². The fourth-order valence-corrected chi connectivity index (χ4v) is 4.33. The molecule has 2 amide bonds. The molecule has 5 N–H and O–H groups in total. The molecular formula is C25H32N8O3. The van der Waals surface area contributed by atoms with Gasteiger partial charge in [0.05, 0.1) is 24.7 Å². The van der Waals surface area contributed by atoms with Gasteiger partial charge in [0.25, 0.3) is 11.8 Å². The number of nitrogens with two attached hydrogens (primary N) is 2. The number of ether oxygens (including phenoxy) is 1. The second-order valence-corrected chi connectivity index (χ2v) is 9.71. The van der Waals surface area contributed by atoms with Crippen molar-refractivity contribution in [2.24, 2.45) is 11.5 Å². The van der Waals surface area contributed by atoms with Crippen molar-refractivity contribution >= 4 is 29.3 Å². The van der Waals surface area contributed by atoms with Crippen LogP contribution in [0.3, 0.4) is 0 Å². The Labute approximate surface area is 210 Å². The Hall–Kier alpha value is -3.75. The Balaban J connectivity index is 1.73. The van der Waals surface area contributed by atoms with Crippen molar-refractivity contribution in [1.82, 2.24) is 14.9 Å². The lowest BCUT2D eigenvalue weighted by Gasteiger charge is -2.31. The number of rotatable bonds is 6. The summed E-state index contributed by atoms with van der Waals surface area (Å²) in [6.45, 7) is 6.88. The number of hydrogen-bond acceptors (Lipinski definition) is 9. The van der Waals surface area contributed by atoms with E-state index in [1.807, 2.05) is 4.90 Å². The number of piperidine rings is 1. The zero-order valence-electron chi connectivity index (χ0n) is 20.7. The van der Waals surface area contributed by atoms with Crippen molar-refractivity contribution < 1.29 is 14.3 Å². The molecule has 190 valence electrons. The smallest absolute Gasteiger partial charge is 0.254 e. The number of nitriles is 1. The second-order valence-electron chi connectivity index (χ2n) is 9.71. The Morgan fingerprint density at radius 1 is 1.22 bits per heavy atom. The van der Waals surface area contributed by atoms with E-state index in [4.69, 9.17) is 16.2 Å². The third-order valence-corrected chi connectivity index (χ3v) is 6.52. The molecule has 0 aliphatic carbocycles. The van der Waals surface area contributed by atoms with Crippen LogP contribution in [0.1, 0.15) is 53.0 Å². The number of anilines is 3. The van der Waals surface area contributed by atoms with Gasteiger partial charge in [0.1, 0.15) is 11.4 Å². The van der Waals surface area contributed by atoms with Gasteiger partial charge in [-0.25, -0.2) is 4.98 Å². The van der Waals surface area contributed by atoms with Crippen molar-refractivity contribution in [3.8, 4) is 6.07 Å². The monoisotopic (exact) mass is 492 g/mol. The molecule has 4 rings (SSSR count). The van der Waals surface area contributed by atoms with Crippen LogP contribution >= 0.6 is 0 Å². The van der Waals surface area contributed by atoms with Gasteiger partial charge in [-0.2, -0.15) is 10.2 Å². The molecule has 0 unspecified atom stereocenters. The molecule has 2 saturated heterocycles. The first-order chi connectivity index (χ1) is 17.2.